The van der Waals surface area contributed by atoms with E-state index in [9.17, 15) is 14.7 Å². The van der Waals surface area contributed by atoms with Crippen LogP contribution in [0.4, 0.5) is 5.69 Å². The molecule has 0 radical (unpaired) electrons. The molecule has 2 rings (SSSR count). The van der Waals surface area contributed by atoms with E-state index in [1.807, 2.05) is 6.07 Å². The number of esters is 1. The highest BCUT2D eigenvalue weighted by Crippen LogP contribution is 2.33. The predicted octanol–water partition coefficient (Wildman–Crippen LogP) is 5.99. The van der Waals surface area contributed by atoms with Crippen LogP contribution in [-0.2, 0) is 4.74 Å². The normalized spacial score (nSPS) is 10.7. The third-order valence-corrected chi connectivity index (χ3v) is 5.21. The van der Waals surface area contributed by atoms with Crippen molar-refractivity contribution in [1.82, 2.24) is 0 Å². The van der Waals surface area contributed by atoms with Gasteiger partial charge in [-0.3, -0.25) is 4.79 Å². The molecule has 0 aliphatic heterocycles. The van der Waals surface area contributed by atoms with Gasteiger partial charge < -0.3 is 14.7 Å². The Kier molecular flexibility index (Phi) is 10.1. The van der Waals surface area contributed by atoms with E-state index in [1.165, 1.54) is 0 Å². The van der Waals surface area contributed by atoms with E-state index in [4.69, 9.17) is 4.74 Å². The number of para-hydroxylation sites is 1. The number of aromatic hydroxyl groups is 1. The van der Waals surface area contributed by atoms with Gasteiger partial charge in [0.2, 0.25) is 0 Å². The van der Waals surface area contributed by atoms with Crippen molar-refractivity contribution in [3.05, 3.63) is 59.2 Å². The van der Waals surface area contributed by atoms with Crippen LogP contribution in [0.15, 0.2) is 42.5 Å². The van der Waals surface area contributed by atoms with Gasteiger partial charge in [-0.1, -0.05) is 64.3 Å². The molecule has 5 nitrogen and oxygen atoms in total. The van der Waals surface area contributed by atoms with E-state index in [1.54, 1.807) is 36.4 Å². The number of carbonyl (C=O) groups is 2. The molecule has 2 aromatic rings. The summed E-state index contributed by atoms with van der Waals surface area (Å²) in [6.07, 6.45) is 5.91. The number of ketones is 1. The highest BCUT2D eigenvalue weighted by molar-refractivity contribution is 6.16. The van der Waals surface area contributed by atoms with Crippen LogP contribution in [0.2, 0.25) is 0 Å². The molecule has 0 aromatic heterocycles. The zero-order valence-electron chi connectivity index (χ0n) is 19.0. The molecule has 1 N–H and O–H groups in total. The first-order valence-corrected chi connectivity index (χ1v) is 11.4. The summed E-state index contributed by atoms with van der Waals surface area (Å²) in [7, 11) is 0. The largest absolute Gasteiger partial charge is 0.505 e. The average molecular weight is 426 g/mol. The second-order valence-electron chi connectivity index (χ2n) is 7.73. The number of ether oxygens (including phenoxy) is 1. The van der Waals surface area contributed by atoms with Gasteiger partial charge in [-0.25, -0.2) is 4.79 Å². The Balaban J connectivity index is 2.28. The molecule has 0 amide bonds. The third-order valence-electron chi connectivity index (χ3n) is 5.21. The molecule has 2 aromatic carbocycles. The number of unbranched alkanes of at least 4 members (excludes halogenated alkanes) is 3. The van der Waals surface area contributed by atoms with Gasteiger partial charge in [0, 0.05) is 18.7 Å². The van der Waals surface area contributed by atoms with Crippen molar-refractivity contribution in [3.8, 4) is 5.75 Å². The Morgan fingerprint density at radius 2 is 1.45 bits per heavy atom. The molecule has 0 saturated heterocycles. The smallest absolute Gasteiger partial charge is 0.338 e. The summed E-state index contributed by atoms with van der Waals surface area (Å²) in [5.74, 6) is -0.933. The van der Waals surface area contributed by atoms with E-state index in [2.05, 4.69) is 25.7 Å². The van der Waals surface area contributed by atoms with Crippen LogP contribution in [0.25, 0.3) is 0 Å². The predicted molar refractivity (Wildman–Crippen MR) is 125 cm³/mol. The summed E-state index contributed by atoms with van der Waals surface area (Å²) in [6, 6.07) is 11.8. The maximum Gasteiger partial charge on any atom is 0.338 e. The lowest BCUT2D eigenvalue weighted by Crippen LogP contribution is -2.25. The zero-order valence-corrected chi connectivity index (χ0v) is 19.0. The van der Waals surface area contributed by atoms with Crippen molar-refractivity contribution >= 4 is 17.4 Å². The maximum absolute atomic E-state index is 13.3. The van der Waals surface area contributed by atoms with Crippen LogP contribution in [0.1, 0.15) is 85.6 Å². The molecule has 168 valence electrons. The van der Waals surface area contributed by atoms with Crippen molar-refractivity contribution < 1.29 is 19.4 Å². The first kappa shape index (κ1) is 24.4. The van der Waals surface area contributed by atoms with Crippen LogP contribution in [0, 0.1) is 0 Å². The highest BCUT2D eigenvalue weighted by Gasteiger charge is 2.23. The van der Waals surface area contributed by atoms with Crippen molar-refractivity contribution in [3.63, 3.8) is 0 Å². The molecule has 0 aliphatic rings. The maximum atomic E-state index is 13.3. The minimum Gasteiger partial charge on any atom is -0.505 e. The number of rotatable bonds is 13. The summed E-state index contributed by atoms with van der Waals surface area (Å²) in [6.45, 7) is 8.21. The molecule has 0 heterocycles. The standard InChI is InChI=1S/C26H35NO4/c1-4-7-8-11-19-31-26(30)21-14-10-9-13-20(21)24(28)22-15-12-16-23(25(22)29)27(17-5-2)18-6-3/h9-10,12-16,29H,4-8,11,17-19H2,1-3H3. The highest BCUT2D eigenvalue weighted by atomic mass is 16.5. The van der Waals surface area contributed by atoms with Gasteiger partial charge in [-0.15, -0.1) is 0 Å². The fourth-order valence-corrected chi connectivity index (χ4v) is 3.64. The van der Waals surface area contributed by atoms with Crippen molar-refractivity contribution in [1.29, 1.82) is 0 Å². The Labute approximate surface area is 186 Å². The Morgan fingerprint density at radius 3 is 2.10 bits per heavy atom. The van der Waals surface area contributed by atoms with Crippen LogP contribution in [0.5, 0.6) is 5.75 Å². The van der Waals surface area contributed by atoms with E-state index >= 15 is 0 Å². The van der Waals surface area contributed by atoms with Crippen molar-refractivity contribution in [2.75, 3.05) is 24.6 Å². The number of nitrogens with zero attached hydrogens (tertiary/aromatic N) is 1. The molecule has 0 atom stereocenters. The quantitative estimate of drug-likeness (QED) is 0.243. The second-order valence-corrected chi connectivity index (χ2v) is 7.73. The fraction of sp³-hybridized carbons (Fsp3) is 0.462. The number of hydrogen-bond acceptors (Lipinski definition) is 5. The number of hydrogen-bond donors (Lipinski definition) is 1. The summed E-state index contributed by atoms with van der Waals surface area (Å²) in [5, 5.41) is 10.9. The minimum atomic E-state index is -0.505. The Bertz CT molecular complexity index is 856. The molecule has 0 saturated carbocycles. The average Bonchev–Trinajstić information content (AvgIpc) is 2.78. The van der Waals surface area contributed by atoms with Gasteiger partial charge in [0.1, 0.15) is 5.75 Å². The fourth-order valence-electron chi connectivity index (χ4n) is 3.64. The Morgan fingerprint density at radius 1 is 0.806 bits per heavy atom. The monoisotopic (exact) mass is 425 g/mol. The van der Waals surface area contributed by atoms with Crippen LogP contribution < -0.4 is 4.90 Å². The summed E-state index contributed by atoms with van der Waals surface area (Å²) < 4.78 is 5.40. The second kappa shape index (κ2) is 12.8. The lowest BCUT2D eigenvalue weighted by atomic mass is 9.97. The number of phenolic OH excluding ortho intramolecular Hbond substituents is 1. The Hall–Kier alpha value is -2.82. The lowest BCUT2D eigenvalue weighted by Gasteiger charge is -2.25. The molecule has 0 unspecified atom stereocenters. The molecule has 31 heavy (non-hydrogen) atoms. The minimum absolute atomic E-state index is 0.0443. The van der Waals surface area contributed by atoms with Crippen molar-refractivity contribution in [2.24, 2.45) is 0 Å². The van der Waals surface area contributed by atoms with E-state index in [-0.39, 0.29) is 28.2 Å². The third kappa shape index (κ3) is 6.58. The molecule has 0 bridgehead atoms. The lowest BCUT2D eigenvalue weighted by molar-refractivity contribution is 0.0495. The van der Waals surface area contributed by atoms with Crippen LogP contribution in [0.3, 0.4) is 0 Å². The van der Waals surface area contributed by atoms with E-state index in [0.29, 0.717) is 12.3 Å². The molecule has 0 fully saturated rings. The number of anilines is 1. The molecule has 0 spiro atoms. The number of phenols is 1. The van der Waals surface area contributed by atoms with Crippen LogP contribution in [-0.4, -0.2) is 36.6 Å². The zero-order chi connectivity index (χ0) is 22.6. The summed E-state index contributed by atoms with van der Waals surface area (Å²) in [5.41, 5.74) is 1.31. The van der Waals surface area contributed by atoms with Gasteiger partial charge in [-0.2, -0.15) is 0 Å². The first-order valence-electron chi connectivity index (χ1n) is 11.4. The number of benzene rings is 2. The molecular weight excluding hydrogens is 390 g/mol. The molecular formula is C26H35NO4. The van der Waals surface area contributed by atoms with Gasteiger partial charge in [-0.05, 0) is 37.5 Å². The van der Waals surface area contributed by atoms with Crippen molar-refractivity contribution in [2.45, 2.75) is 59.3 Å². The molecule has 0 aliphatic carbocycles. The van der Waals surface area contributed by atoms with Gasteiger partial charge in [0.05, 0.1) is 23.4 Å². The van der Waals surface area contributed by atoms with Gasteiger partial charge >= 0.3 is 5.97 Å². The SMILES string of the molecule is CCCCCCOC(=O)c1ccccc1C(=O)c1cccc(N(CCC)CCC)c1O. The number of carbonyl (C=O) groups excluding carboxylic acids is 2. The van der Waals surface area contributed by atoms with Gasteiger partial charge in [0.15, 0.2) is 5.78 Å². The molecule has 5 heteroatoms. The van der Waals surface area contributed by atoms with E-state index < -0.39 is 5.97 Å². The van der Waals surface area contributed by atoms with Crippen LogP contribution >= 0.6 is 0 Å². The van der Waals surface area contributed by atoms with Gasteiger partial charge in [0.25, 0.3) is 0 Å². The topological polar surface area (TPSA) is 66.8 Å². The first-order chi connectivity index (χ1) is 15.0. The summed E-state index contributed by atoms with van der Waals surface area (Å²) in [4.78, 5) is 28.0. The summed E-state index contributed by atoms with van der Waals surface area (Å²) >= 11 is 0. The van der Waals surface area contributed by atoms with E-state index in [0.717, 1.165) is 51.6 Å².